The lowest BCUT2D eigenvalue weighted by Gasteiger charge is -2.15. The summed E-state index contributed by atoms with van der Waals surface area (Å²) in [5.74, 6) is 0.348. The van der Waals surface area contributed by atoms with Gasteiger partial charge in [-0.05, 0) is 18.4 Å². The van der Waals surface area contributed by atoms with Crippen molar-refractivity contribution in [2.45, 2.75) is 26.4 Å². The summed E-state index contributed by atoms with van der Waals surface area (Å²) >= 11 is 11.6. The minimum Gasteiger partial charge on any atom is -0.391 e. The highest BCUT2D eigenvalue weighted by Gasteiger charge is 2.17. The molecule has 106 valence electrons. The van der Waals surface area contributed by atoms with Gasteiger partial charge in [-0.3, -0.25) is 10.1 Å². The summed E-state index contributed by atoms with van der Waals surface area (Å²) in [6, 6.07) is 2.59. The minimum atomic E-state index is -0.575. The molecular formula is C12H16Cl2N2O3. The molecule has 5 nitrogen and oxygen atoms in total. The number of nitro benzene ring substituents is 1. The molecule has 1 rings (SSSR count). The third-order valence-corrected chi connectivity index (χ3v) is 3.23. The van der Waals surface area contributed by atoms with Crippen LogP contribution in [0, 0.1) is 16.0 Å². The van der Waals surface area contributed by atoms with Crippen LogP contribution in [0.25, 0.3) is 0 Å². The summed E-state index contributed by atoms with van der Waals surface area (Å²) in [6.45, 7) is 4.20. The molecule has 2 N–H and O–H groups in total. The van der Waals surface area contributed by atoms with E-state index in [0.29, 0.717) is 12.3 Å². The van der Waals surface area contributed by atoms with Crippen LogP contribution in [0.4, 0.5) is 11.4 Å². The summed E-state index contributed by atoms with van der Waals surface area (Å²) in [7, 11) is 0. The van der Waals surface area contributed by atoms with Gasteiger partial charge in [-0.1, -0.05) is 37.0 Å². The Morgan fingerprint density at radius 2 is 1.95 bits per heavy atom. The summed E-state index contributed by atoms with van der Waals surface area (Å²) in [4.78, 5) is 10.4. The van der Waals surface area contributed by atoms with Crippen molar-refractivity contribution in [2.24, 2.45) is 5.92 Å². The lowest BCUT2D eigenvalue weighted by Crippen LogP contribution is -2.21. The lowest BCUT2D eigenvalue weighted by molar-refractivity contribution is -0.383. The van der Waals surface area contributed by atoms with Crippen LogP contribution in [-0.2, 0) is 0 Å². The van der Waals surface area contributed by atoms with Gasteiger partial charge in [-0.25, -0.2) is 0 Å². The number of benzene rings is 1. The van der Waals surface area contributed by atoms with Gasteiger partial charge in [0, 0.05) is 12.6 Å². The second-order valence-electron chi connectivity index (χ2n) is 4.70. The Kier molecular flexibility index (Phi) is 5.85. The van der Waals surface area contributed by atoms with Gasteiger partial charge in [0.1, 0.15) is 5.69 Å². The molecule has 0 radical (unpaired) electrons. The number of rotatable bonds is 6. The molecule has 1 unspecified atom stereocenters. The molecule has 0 heterocycles. The largest absolute Gasteiger partial charge is 0.391 e. The van der Waals surface area contributed by atoms with E-state index < -0.39 is 11.0 Å². The van der Waals surface area contributed by atoms with E-state index in [0.717, 1.165) is 0 Å². The van der Waals surface area contributed by atoms with Gasteiger partial charge in [0.2, 0.25) is 0 Å². The van der Waals surface area contributed by atoms with E-state index >= 15 is 0 Å². The van der Waals surface area contributed by atoms with Gasteiger partial charge in [0.05, 0.1) is 21.1 Å². The Balaban J connectivity index is 2.82. The topological polar surface area (TPSA) is 75.4 Å². The van der Waals surface area contributed by atoms with Crippen molar-refractivity contribution in [1.29, 1.82) is 0 Å². The third-order valence-electron chi connectivity index (χ3n) is 2.51. The van der Waals surface area contributed by atoms with E-state index in [1.807, 2.05) is 13.8 Å². The van der Waals surface area contributed by atoms with E-state index in [-0.39, 0.29) is 28.0 Å². The number of hydrogen-bond acceptors (Lipinski definition) is 4. The molecule has 0 spiro atoms. The maximum Gasteiger partial charge on any atom is 0.293 e. The molecule has 0 bridgehead atoms. The van der Waals surface area contributed by atoms with Crippen molar-refractivity contribution in [2.75, 3.05) is 11.9 Å². The number of aliphatic hydroxyl groups is 1. The standard InChI is InChI=1S/C12H16Cl2N2O3/c1-7(2)3-8(17)6-15-11-4-9(13)10(14)5-12(11)16(18)19/h4-5,7-8,15,17H,3,6H2,1-2H3. The minimum absolute atomic E-state index is 0.127. The van der Waals surface area contributed by atoms with Crippen LogP contribution >= 0.6 is 23.2 Å². The van der Waals surface area contributed by atoms with Crippen LogP contribution in [0.1, 0.15) is 20.3 Å². The van der Waals surface area contributed by atoms with Gasteiger partial charge in [-0.15, -0.1) is 0 Å². The molecule has 1 aromatic carbocycles. The number of halogens is 2. The number of aliphatic hydroxyl groups excluding tert-OH is 1. The number of nitrogens with one attached hydrogen (secondary N) is 1. The molecule has 0 aliphatic carbocycles. The molecule has 7 heteroatoms. The van der Waals surface area contributed by atoms with Crippen LogP contribution in [0.3, 0.4) is 0 Å². The summed E-state index contributed by atoms with van der Waals surface area (Å²) in [6.07, 6.45) is 0.0383. The molecule has 0 aromatic heterocycles. The lowest BCUT2D eigenvalue weighted by atomic mass is 10.1. The van der Waals surface area contributed by atoms with Crippen molar-refractivity contribution in [3.63, 3.8) is 0 Å². The normalized spacial score (nSPS) is 12.5. The van der Waals surface area contributed by atoms with E-state index in [1.54, 1.807) is 0 Å². The monoisotopic (exact) mass is 306 g/mol. The average molecular weight is 307 g/mol. The van der Waals surface area contributed by atoms with Gasteiger partial charge in [0.25, 0.3) is 5.69 Å². The average Bonchev–Trinajstić information content (AvgIpc) is 2.29. The van der Waals surface area contributed by atoms with Gasteiger partial charge in [-0.2, -0.15) is 0 Å². The van der Waals surface area contributed by atoms with Crippen LogP contribution in [0.5, 0.6) is 0 Å². The van der Waals surface area contributed by atoms with E-state index in [1.165, 1.54) is 12.1 Å². The Hall–Kier alpha value is -1.04. The number of nitro groups is 1. The van der Waals surface area contributed by atoms with Gasteiger partial charge >= 0.3 is 0 Å². The molecule has 0 fully saturated rings. The molecule has 0 saturated carbocycles. The van der Waals surface area contributed by atoms with Gasteiger partial charge in [0.15, 0.2) is 0 Å². The summed E-state index contributed by atoms with van der Waals surface area (Å²) in [5, 5.41) is 23.8. The molecule has 0 aliphatic rings. The van der Waals surface area contributed by atoms with E-state index in [9.17, 15) is 15.2 Å². The number of anilines is 1. The van der Waals surface area contributed by atoms with Crippen molar-refractivity contribution in [3.8, 4) is 0 Å². The fourth-order valence-electron chi connectivity index (χ4n) is 1.68. The molecule has 1 aromatic rings. The quantitative estimate of drug-likeness (QED) is 0.620. The highest BCUT2D eigenvalue weighted by atomic mass is 35.5. The van der Waals surface area contributed by atoms with Crippen molar-refractivity contribution in [1.82, 2.24) is 0 Å². The Morgan fingerprint density at radius 3 is 2.47 bits per heavy atom. The number of nitrogens with zero attached hydrogens (tertiary/aromatic N) is 1. The first kappa shape index (κ1) is 16.0. The highest BCUT2D eigenvalue weighted by molar-refractivity contribution is 6.42. The summed E-state index contributed by atoms with van der Waals surface area (Å²) in [5.41, 5.74) is 0.0911. The Labute approximate surface area is 121 Å². The maximum atomic E-state index is 10.9. The van der Waals surface area contributed by atoms with E-state index in [4.69, 9.17) is 23.2 Å². The van der Waals surface area contributed by atoms with Crippen LogP contribution < -0.4 is 5.32 Å². The molecule has 1 atom stereocenters. The molecule has 0 saturated heterocycles. The molecule has 19 heavy (non-hydrogen) atoms. The smallest absolute Gasteiger partial charge is 0.293 e. The first-order chi connectivity index (χ1) is 8.81. The fourth-order valence-corrected chi connectivity index (χ4v) is 2.01. The zero-order valence-corrected chi connectivity index (χ0v) is 12.2. The van der Waals surface area contributed by atoms with Crippen LogP contribution in [0.15, 0.2) is 12.1 Å². The first-order valence-corrected chi connectivity index (χ1v) is 6.62. The first-order valence-electron chi connectivity index (χ1n) is 5.86. The number of hydrogen-bond donors (Lipinski definition) is 2. The third kappa shape index (κ3) is 4.86. The Morgan fingerprint density at radius 1 is 1.37 bits per heavy atom. The zero-order valence-electron chi connectivity index (χ0n) is 10.7. The maximum absolute atomic E-state index is 10.9. The zero-order chi connectivity index (χ0) is 14.6. The second kappa shape index (κ2) is 6.93. The summed E-state index contributed by atoms with van der Waals surface area (Å²) < 4.78 is 0. The fraction of sp³-hybridized carbons (Fsp3) is 0.500. The van der Waals surface area contributed by atoms with Crippen LogP contribution in [-0.4, -0.2) is 22.7 Å². The molecule has 0 aliphatic heterocycles. The predicted octanol–water partition coefficient (Wildman–Crippen LogP) is 3.72. The predicted molar refractivity (Wildman–Crippen MR) is 77.1 cm³/mol. The second-order valence-corrected chi connectivity index (χ2v) is 5.52. The van der Waals surface area contributed by atoms with Gasteiger partial charge < -0.3 is 10.4 Å². The van der Waals surface area contributed by atoms with Crippen molar-refractivity contribution in [3.05, 3.63) is 32.3 Å². The molecule has 0 amide bonds. The molecular weight excluding hydrogens is 291 g/mol. The van der Waals surface area contributed by atoms with E-state index in [2.05, 4.69) is 5.32 Å². The Bertz CT molecular complexity index is 467. The SMILES string of the molecule is CC(C)CC(O)CNc1cc(Cl)c(Cl)cc1[N+](=O)[O-]. The van der Waals surface area contributed by atoms with Crippen molar-refractivity contribution >= 4 is 34.6 Å². The van der Waals surface area contributed by atoms with Crippen molar-refractivity contribution < 1.29 is 10.0 Å². The van der Waals surface area contributed by atoms with Crippen LogP contribution in [0.2, 0.25) is 10.0 Å². The highest BCUT2D eigenvalue weighted by Crippen LogP contribution is 2.33.